The van der Waals surface area contributed by atoms with Gasteiger partial charge in [0.1, 0.15) is 5.69 Å². The number of anilines is 1. The van der Waals surface area contributed by atoms with E-state index in [1.807, 2.05) is 24.3 Å². The van der Waals surface area contributed by atoms with Crippen molar-refractivity contribution in [1.82, 2.24) is 10.4 Å². The number of nitro benzene ring substituents is 2. The standard InChI is InChI=1S/C16H12N6O5/c23-16(19-14-6-5-11(21(24)25)7-15(14)22(26)27)20-18-9-10-8-17-13-4-2-1-3-12(10)13/h1-9,17H,(H2,19,20,23)/b18-9-. The average Bonchev–Trinajstić information content (AvgIpc) is 3.05. The summed E-state index contributed by atoms with van der Waals surface area (Å²) < 4.78 is 0. The Bertz CT molecular complexity index is 1070. The molecular weight excluding hydrogens is 356 g/mol. The van der Waals surface area contributed by atoms with Gasteiger partial charge in [-0.2, -0.15) is 5.10 Å². The molecule has 3 aromatic rings. The van der Waals surface area contributed by atoms with Crippen molar-refractivity contribution in [1.29, 1.82) is 0 Å². The molecule has 0 aliphatic heterocycles. The van der Waals surface area contributed by atoms with Gasteiger partial charge in [0, 0.05) is 28.7 Å². The van der Waals surface area contributed by atoms with E-state index in [4.69, 9.17) is 0 Å². The molecule has 0 aliphatic rings. The highest BCUT2D eigenvalue weighted by molar-refractivity contribution is 5.99. The number of para-hydroxylation sites is 1. The Hall–Kier alpha value is -4.28. The lowest BCUT2D eigenvalue weighted by Gasteiger charge is -2.05. The molecular formula is C16H12N6O5. The van der Waals surface area contributed by atoms with Gasteiger partial charge < -0.3 is 10.3 Å². The SMILES string of the molecule is O=C(N/N=C\c1c[nH]c2ccccc12)Nc1ccc([N+](=O)[O-])cc1[N+](=O)[O-]. The van der Waals surface area contributed by atoms with Crippen LogP contribution in [-0.4, -0.2) is 27.1 Å². The number of hydrogen-bond donors (Lipinski definition) is 3. The third kappa shape index (κ3) is 3.87. The lowest BCUT2D eigenvalue weighted by Crippen LogP contribution is -2.24. The van der Waals surface area contributed by atoms with Crippen molar-refractivity contribution in [2.45, 2.75) is 0 Å². The fraction of sp³-hybridized carbons (Fsp3) is 0. The first-order valence-electron chi connectivity index (χ1n) is 7.54. The number of fused-ring (bicyclic) bond motifs is 1. The number of carbonyl (C=O) groups excluding carboxylic acids is 1. The molecule has 0 bridgehead atoms. The minimum absolute atomic E-state index is 0.189. The number of nitrogens with zero attached hydrogens (tertiary/aromatic N) is 3. The molecule has 0 saturated carbocycles. The number of aromatic nitrogens is 1. The molecule has 11 nitrogen and oxygen atoms in total. The lowest BCUT2D eigenvalue weighted by molar-refractivity contribution is -0.393. The van der Waals surface area contributed by atoms with Crippen molar-refractivity contribution in [2.24, 2.45) is 5.10 Å². The zero-order chi connectivity index (χ0) is 19.4. The molecule has 0 unspecified atom stereocenters. The van der Waals surface area contributed by atoms with E-state index in [2.05, 4.69) is 20.8 Å². The van der Waals surface area contributed by atoms with Crippen LogP contribution in [0.4, 0.5) is 21.9 Å². The van der Waals surface area contributed by atoms with Crippen LogP contribution < -0.4 is 10.7 Å². The number of hydrazone groups is 1. The molecule has 0 fully saturated rings. The molecule has 3 rings (SSSR count). The van der Waals surface area contributed by atoms with Crippen LogP contribution in [0, 0.1) is 20.2 Å². The normalized spacial score (nSPS) is 10.8. The van der Waals surface area contributed by atoms with Gasteiger partial charge in [-0.3, -0.25) is 20.2 Å². The number of rotatable bonds is 5. The van der Waals surface area contributed by atoms with Crippen LogP contribution in [0.1, 0.15) is 5.56 Å². The smallest absolute Gasteiger partial charge is 0.339 e. The van der Waals surface area contributed by atoms with E-state index >= 15 is 0 Å². The third-order valence-electron chi connectivity index (χ3n) is 3.63. The van der Waals surface area contributed by atoms with E-state index in [1.165, 1.54) is 6.21 Å². The van der Waals surface area contributed by atoms with Gasteiger partial charge >= 0.3 is 6.03 Å². The monoisotopic (exact) mass is 368 g/mol. The maximum atomic E-state index is 11.9. The van der Waals surface area contributed by atoms with E-state index in [9.17, 15) is 25.0 Å². The molecule has 11 heteroatoms. The minimum atomic E-state index is -0.831. The van der Waals surface area contributed by atoms with Gasteiger partial charge in [0.25, 0.3) is 11.4 Å². The number of non-ortho nitro benzene ring substituents is 1. The van der Waals surface area contributed by atoms with E-state index in [0.717, 1.165) is 34.7 Å². The summed E-state index contributed by atoms with van der Waals surface area (Å²) in [5, 5.41) is 28.7. The number of amides is 2. The zero-order valence-corrected chi connectivity index (χ0v) is 13.6. The maximum Gasteiger partial charge on any atom is 0.339 e. The van der Waals surface area contributed by atoms with Gasteiger partial charge in [-0.1, -0.05) is 18.2 Å². The number of H-pyrrole nitrogens is 1. The Labute approximate surface area is 151 Å². The first-order chi connectivity index (χ1) is 13.0. The molecule has 27 heavy (non-hydrogen) atoms. The number of nitrogens with one attached hydrogen (secondary N) is 3. The molecule has 3 N–H and O–H groups in total. The van der Waals surface area contributed by atoms with E-state index in [-0.39, 0.29) is 5.69 Å². The van der Waals surface area contributed by atoms with E-state index in [0.29, 0.717) is 0 Å². The number of urea groups is 1. The Morgan fingerprint density at radius 3 is 2.63 bits per heavy atom. The molecule has 0 spiro atoms. The average molecular weight is 368 g/mol. The molecule has 0 radical (unpaired) electrons. The second-order valence-corrected chi connectivity index (χ2v) is 5.33. The Kier molecular flexibility index (Phi) is 4.75. The molecule has 0 atom stereocenters. The van der Waals surface area contributed by atoms with Gasteiger partial charge in [-0.15, -0.1) is 0 Å². The lowest BCUT2D eigenvalue weighted by atomic mass is 10.2. The second-order valence-electron chi connectivity index (χ2n) is 5.33. The third-order valence-corrected chi connectivity index (χ3v) is 3.63. The van der Waals surface area contributed by atoms with Crippen LogP contribution in [0.5, 0.6) is 0 Å². The number of carbonyl (C=O) groups is 1. The van der Waals surface area contributed by atoms with Gasteiger partial charge in [0.05, 0.1) is 22.1 Å². The predicted octanol–water partition coefficient (Wildman–Crippen LogP) is 3.14. The summed E-state index contributed by atoms with van der Waals surface area (Å²) in [5.74, 6) is 0. The fourth-order valence-electron chi connectivity index (χ4n) is 2.40. The number of hydrogen-bond acceptors (Lipinski definition) is 6. The van der Waals surface area contributed by atoms with Gasteiger partial charge in [-0.25, -0.2) is 10.2 Å². The zero-order valence-electron chi connectivity index (χ0n) is 13.6. The van der Waals surface area contributed by atoms with Crippen molar-refractivity contribution in [3.8, 4) is 0 Å². The second kappa shape index (κ2) is 7.31. The molecule has 136 valence electrons. The molecule has 2 amide bonds. The Balaban J connectivity index is 1.70. The first-order valence-corrected chi connectivity index (χ1v) is 7.54. The predicted molar refractivity (Wildman–Crippen MR) is 97.8 cm³/mol. The van der Waals surface area contributed by atoms with Crippen LogP contribution in [-0.2, 0) is 0 Å². The summed E-state index contributed by atoms with van der Waals surface area (Å²) in [6, 6.07) is 9.59. The molecule has 2 aromatic carbocycles. The van der Waals surface area contributed by atoms with Gasteiger partial charge in [-0.05, 0) is 12.1 Å². The van der Waals surface area contributed by atoms with Crippen molar-refractivity contribution in [3.05, 3.63) is 74.5 Å². The molecule has 0 saturated heterocycles. The van der Waals surface area contributed by atoms with E-state index < -0.39 is 27.3 Å². The van der Waals surface area contributed by atoms with Crippen LogP contribution in [0.3, 0.4) is 0 Å². The summed E-state index contributed by atoms with van der Waals surface area (Å²) in [7, 11) is 0. The summed E-state index contributed by atoms with van der Waals surface area (Å²) in [4.78, 5) is 35.1. The van der Waals surface area contributed by atoms with Crippen LogP contribution >= 0.6 is 0 Å². The van der Waals surface area contributed by atoms with E-state index in [1.54, 1.807) is 6.20 Å². The van der Waals surface area contributed by atoms with Crippen molar-refractivity contribution in [2.75, 3.05) is 5.32 Å². The van der Waals surface area contributed by atoms with Gasteiger partial charge in [0.2, 0.25) is 0 Å². The highest BCUT2D eigenvalue weighted by Gasteiger charge is 2.20. The van der Waals surface area contributed by atoms with Gasteiger partial charge in [0.15, 0.2) is 0 Å². The summed E-state index contributed by atoms with van der Waals surface area (Å²) in [6.45, 7) is 0. The largest absolute Gasteiger partial charge is 0.361 e. The highest BCUT2D eigenvalue weighted by atomic mass is 16.6. The Morgan fingerprint density at radius 1 is 1.11 bits per heavy atom. The minimum Gasteiger partial charge on any atom is -0.361 e. The molecule has 0 aliphatic carbocycles. The number of aromatic amines is 1. The highest BCUT2D eigenvalue weighted by Crippen LogP contribution is 2.28. The molecule has 1 heterocycles. The van der Waals surface area contributed by atoms with Crippen LogP contribution in [0.2, 0.25) is 0 Å². The van der Waals surface area contributed by atoms with Crippen molar-refractivity contribution in [3.63, 3.8) is 0 Å². The summed E-state index contributed by atoms with van der Waals surface area (Å²) in [6.07, 6.45) is 3.14. The quantitative estimate of drug-likeness (QED) is 0.358. The molecule has 1 aromatic heterocycles. The summed E-state index contributed by atoms with van der Waals surface area (Å²) >= 11 is 0. The Morgan fingerprint density at radius 2 is 1.89 bits per heavy atom. The summed E-state index contributed by atoms with van der Waals surface area (Å²) in [5.41, 5.74) is 2.60. The fourth-order valence-corrected chi connectivity index (χ4v) is 2.40. The van der Waals surface area contributed by atoms with Crippen LogP contribution in [0.15, 0.2) is 53.8 Å². The van der Waals surface area contributed by atoms with Crippen molar-refractivity contribution >= 4 is 40.2 Å². The van der Waals surface area contributed by atoms with Crippen molar-refractivity contribution < 1.29 is 14.6 Å². The van der Waals surface area contributed by atoms with Crippen LogP contribution in [0.25, 0.3) is 10.9 Å². The first kappa shape index (κ1) is 17.5. The maximum absolute atomic E-state index is 11.9. The topological polar surface area (TPSA) is 156 Å². The number of nitro groups is 2. The number of benzene rings is 2.